The van der Waals surface area contributed by atoms with Crippen LogP contribution < -0.4 is 5.32 Å². The smallest absolute Gasteiger partial charge is 0.426 e. The van der Waals surface area contributed by atoms with Gasteiger partial charge in [-0.15, -0.1) is 0 Å². The lowest BCUT2D eigenvalue weighted by atomic mass is 9.76. The molecule has 0 aromatic heterocycles. The van der Waals surface area contributed by atoms with Gasteiger partial charge in [0.15, 0.2) is 0 Å². The maximum Gasteiger partial charge on any atom is 0.475 e. The number of amides is 2. The average molecular weight is 441 g/mol. The quantitative estimate of drug-likeness (QED) is 0.206. The van der Waals surface area contributed by atoms with Crippen LogP contribution in [0.5, 0.6) is 0 Å². The molecule has 1 aromatic carbocycles. The first-order valence-electron chi connectivity index (χ1n) is 11.0. The molecule has 8 nitrogen and oxygen atoms in total. The highest BCUT2D eigenvalue weighted by atomic mass is 16.5. The second-order valence-corrected chi connectivity index (χ2v) is 8.33. The fourth-order valence-corrected chi connectivity index (χ4v) is 3.68. The van der Waals surface area contributed by atoms with Crippen LogP contribution in [0.3, 0.4) is 0 Å². The first-order chi connectivity index (χ1) is 15.3. The first kappa shape index (κ1) is 25.6. The molecular formula is C23H32BN3O5. The Morgan fingerprint density at radius 2 is 2.06 bits per heavy atom. The van der Waals surface area contributed by atoms with Crippen molar-refractivity contribution in [3.8, 4) is 6.07 Å². The summed E-state index contributed by atoms with van der Waals surface area (Å²) in [7, 11) is -1.67. The fourth-order valence-electron chi connectivity index (χ4n) is 3.68. The Morgan fingerprint density at radius 3 is 2.69 bits per heavy atom. The van der Waals surface area contributed by atoms with Gasteiger partial charge in [0.25, 0.3) is 5.91 Å². The third-order valence-electron chi connectivity index (χ3n) is 5.28. The van der Waals surface area contributed by atoms with Crippen LogP contribution in [0.4, 0.5) is 0 Å². The van der Waals surface area contributed by atoms with Crippen LogP contribution in [0.25, 0.3) is 0 Å². The Bertz CT molecular complexity index is 823. The zero-order valence-corrected chi connectivity index (χ0v) is 18.7. The van der Waals surface area contributed by atoms with Crippen molar-refractivity contribution in [2.24, 2.45) is 5.92 Å². The molecule has 0 unspecified atom stereocenters. The minimum absolute atomic E-state index is 0.0649. The van der Waals surface area contributed by atoms with Crippen LogP contribution in [0, 0.1) is 17.2 Å². The molecule has 0 bridgehead atoms. The molecule has 2 atom stereocenters. The van der Waals surface area contributed by atoms with Crippen molar-refractivity contribution in [1.82, 2.24) is 10.2 Å². The second kappa shape index (κ2) is 13.0. The van der Waals surface area contributed by atoms with Crippen molar-refractivity contribution >= 4 is 18.9 Å². The molecule has 0 spiro atoms. The maximum atomic E-state index is 12.7. The molecule has 172 valence electrons. The van der Waals surface area contributed by atoms with Gasteiger partial charge in [-0.25, -0.2) is 0 Å². The molecule has 1 heterocycles. The van der Waals surface area contributed by atoms with Crippen molar-refractivity contribution in [3.05, 3.63) is 47.5 Å². The minimum Gasteiger partial charge on any atom is -0.426 e. The normalized spacial score (nSPS) is 17.2. The lowest BCUT2D eigenvalue weighted by Gasteiger charge is -2.24. The van der Waals surface area contributed by atoms with E-state index in [1.165, 1.54) is 0 Å². The fraction of sp³-hybridized carbons (Fsp3) is 0.522. The molecular weight excluding hydrogens is 409 g/mol. The number of benzene rings is 1. The summed E-state index contributed by atoms with van der Waals surface area (Å²) >= 11 is 0. The molecule has 2 rings (SSSR count). The number of carbonyl (C=O) groups is 2. The lowest BCUT2D eigenvalue weighted by molar-refractivity contribution is -0.129. The van der Waals surface area contributed by atoms with Crippen LogP contribution in [0.2, 0.25) is 0 Å². The number of carbonyl (C=O) groups excluding carboxylic acids is 2. The van der Waals surface area contributed by atoms with Gasteiger partial charge in [-0.3, -0.25) is 9.59 Å². The molecule has 1 aliphatic heterocycles. The zero-order chi connectivity index (χ0) is 23.5. The number of allylic oxidation sites excluding steroid dienone is 1. The van der Waals surface area contributed by atoms with E-state index in [-0.39, 0.29) is 49.0 Å². The molecule has 1 fully saturated rings. The van der Waals surface area contributed by atoms with Gasteiger partial charge in [-0.1, -0.05) is 50.3 Å². The molecule has 0 saturated carbocycles. The summed E-state index contributed by atoms with van der Waals surface area (Å²) in [6, 6.07) is 11.1. The molecule has 1 aliphatic rings. The van der Waals surface area contributed by atoms with E-state index in [1.54, 1.807) is 11.0 Å². The predicted molar refractivity (Wildman–Crippen MR) is 121 cm³/mol. The number of hydrogen-bond acceptors (Lipinski definition) is 6. The summed E-state index contributed by atoms with van der Waals surface area (Å²) in [5.41, 5.74) is 1.04. The van der Waals surface area contributed by atoms with Crippen molar-refractivity contribution in [2.45, 2.75) is 51.5 Å². The number of hydrogen-bond donors (Lipinski definition) is 3. The highest BCUT2D eigenvalue weighted by Crippen LogP contribution is 2.20. The summed E-state index contributed by atoms with van der Waals surface area (Å²) in [5, 5.41) is 31.1. The van der Waals surface area contributed by atoms with Crippen LogP contribution in [-0.4, -0.2) is 65.6 Å². The van der Waals surface area contributed by atoms with Gasteiger partial charge in [0.1, 0.15) is 11.6 Å². The predicted octanol–water partition coefficient (Wildman–Crippen LogP) is 1.23. The summed E-state index contributed by atoms with van der Waals surface area (Å²) in [6.45, 7) is 4.85. The van der Waals surface area contributed by atoms with Crippen molar-refractivity contribution in [3.63, 3.8) is 0 Å². The third kappa shape index (κ3) is 8.11. The Kier molecular flexibility index (Phi) is 10.4. The van der Waals surface area contributed by atoms with Gasteiger partial charge in [0.2, 0.25) is 5.91 Å². The molecule has 1 saturated heterocycles. The van der Waals surface area contributed by atoms with E-state index in [1.807, 2.05) is 50.2 Å². The standard InChI is InChI=1S/C23H32BN3O5/c1-17(2)13-19(15-25)23(29)27-11-6-9-20(27)16-32-12-10-22(28)26-21(24(30)31)14-18-7-4-3-5-8-18/h3-5,7-8,13,17,20-21,30-31H,6,9-12,14,16H2,1-2H3,(H,26,28)/t20-,21+/m1/s1. The van der Waals surface area contributed by atoms with Crippen molar-refractivity contribution in [1.29, 1.82) is 5.26 Å². The largest absolute Gasteiger partial charge is 0.475 e. The monoisotopic (exact) mass is 441 g/mol. The number of ether oxygens (including phenoxy) is 1. The molecule has 1 aromatic rings. The van der Waals surface area contributed by atoms with E-state index in [0.717, 1.165) is 18.4 Å². The van der Waals surface area contributed by atoms with Gasteiger partial charge in [0.05, 0.1) is 25.2 Å². The first-order valence-corrected chi connectivity index (χ1v) is 11.0. The Hall–Kier alpha value is -2.67. The van der Waals surface area contributed by atoms with Crippen LogP contribution in [0.15, 0.2) is 42.0 Å². The van der Waals surface area contributed by atoms with Crippen molar-refractivity contribution in [2.75, 3.05) is 19.8 Å². The Morgan fingerprint density at radius 1 is 1.34 bits per heavy atom. The number of nitrogens with zero attached hydrogens (tertiary/aromatic N) is 2. The van der Waals surface area contributed by atoms with Gasteiger partial charge in [0, 0.05) is 13.0 Å². The zero-order valence-electron chi connectivity index (χ0n) is 18.7. The number of likely N-dealkylation sites (tertiary alicyclic amines) is 1. The number of nitrogens with one attached hydrogen (secondary N) is 1. The summed E-state index contributed by atoms with van der Waals surface area (Å²) in [4.78, 5) is 26.6. The number of nitriles is 1. The average Bonchev–Trinajstić information content (AvgIpc) is 3.23. The molecule has 0 radical (unpaired) electrons. The molecule has 32 heavy (non-hydrogen) atoms. The van der Waals surface area contributed by atoms with Crippen LogP contribution >= 0.6 is 0 Å². The van der Waals surface area contributed by atoms with Gasteiger partial charge in [-0.2, -0.15) is 5.26 Å². The summed E-state index contributed by atoms with van der Waals surface area (Å²) < 4.78 is 5.64. The van der Waals surface area contributed by atoms with E-state index in [0.29, 0.717) is 13.0 Å². The molecule has 9 heteroatoms. The third-order valence-corrected chi connectivity index (χ3v) is 5.28. The Balaban J connectivity index is 1.78. The van der Waals surface area contributed by atoms with E-state index in [4.69, 9.17) is 4.74 Å². The van der Waals surface area contributed by atoms with Crippen LogP contribution in [0.1, 0.15) is 38.7 Å². The summed E-state index contributed by atoms with van der Waals surface area (Å²) in [6.07, 6.45) is 3.67. The lowest BCUT2D eigenvalue weighted by Crippen LogP contribution is -2.48. The summed E-state index contributed by atoms with van der Waals surface area (Å²) in [5.74, 6) is -1.33. The topological polar surface area (TPSA) is 123 Å². The van der Waals surface area contributed by atoms with Crippen LogP contribution in [-0.2, 0) is 20.7 Å². The molecule has 2 amide bonds. The Labute approximate surface area is 190 Å². The van der Waals surface area contributed by atoms with E-state index >= 15 is 0 Å². The van der Waals surface area contributed by atoms with E-state index in [9.17, 15) is 24.9 Å². The SMILES string of the molecule is CC(C)C=C(C#N)C(=O)N1CCC[C@@H]1COCCC(=O)N[C@@H](Cc1ccccc1)B(O)O. The molecule has 0 aliphatic carbocycles. The van der Waals surface area contributed by atoms with Gasteiger partial charge < -0.3 is 25.0 Å². The van der Waals surface area contributed by atoms with Gasteiger partial charge in [-0.05, 0) is 30.7 Å². The highest BCUT2D eigenvalue weighted by molar-refractivity contribution is 6.43. The number of rotatable bonds is 11. The van der Waals surface area contributed by atoms with Crippen molar-refractivity contribution < 1.29 is 24.4 Å². The molecule has 3 N–H and O–H groups in total. The van der Waals surface area contributed by atoms with E-state index in [2.05, 4.69) is 5.32 Å². The maximum absolute atomic E-state index is 12.7. The van der Waals surface area contributed by atoms with E-state index < -0.39 is 13.1 Å². The highest BCUT2D eigenvalue weighted by Gasteiger charge is 2.31. The minimum atomic E-state index is -1.67. The second-order valence-electron chi connectivity index (χ2n) is 8.33. The van der Waals surface area contributed by atoms with Gasteiger partial charge >= 0.3 is 7.12 Å².